The number of nitrogens with zero attached hydrogens (tertiary/aromatic N) is 1. The number of rotatable bonds is 4. The second-order valence-electron chi connectivity index (χ2n) is 2.85. The highest BCUT2D eigenvalue weighted by Gasteiger charge is 2.05. The van der Waals surface area contributed by atoms with Crippen molar-refractivity contribution in [2.24, 2.45) is 4.99 Å². The Labute approximate surface area is 100 Å². The van der Waals surface area contributed by atoms with Gasteiger partial charge < -0.3 is 0 Å². The molecule has 0 aliphatic heterocycles. The van der Waals surface area contributed by atoms with Crippen LogP contribution in [0.2, 0.25) is 0 Å². The van der Waals surface area contributed by atoms with Crippen LogP contribution in [0, 0.1) is 0 Å². The van der Waals surface area contributed by atoms with Gasteiger partial charge in [-0.3, -0.25) is 4.99 Å². The number of allylic oxidation sites excluding steroid dienone is 1. The Kier molecular flexibility index (Phi) is 5.51. The predicted molar refractivity (Wildman–Crippen MR) is 70.0 cm³/mol. The number of hydrogen-bond donors (Lipinski definition) is 0. The molecule has 0 fully saturated rings. The minimum atomic E-state index is 0.588. The van der Waals surface area contributed by atoms with Gasteiger partial charge in [0.15, 0.2) is 0 Å². The first kappa shape index (κ1) is 12.3. The van der Waals surface area contributed by atoms with Crippen LogP contribution in [0.4, 0.5) is 0 Å². The quantitative estimate of drug-likeness (QED) is 0.563. The molecule has 0 unspecified atom stereocenters. The predicted octanol–water partition coefficient (Wildman–Crippen LogP) is 4.32. The largest absolute Gasteiger partial charge is 0.273 e. The summed E-state index contributed by atoms with van der Waals surface area (Å²) < 4.78 is 0. The number of halogens is 1. The average molecular weight is 240 g/mol. The zero-order chi connectivity index (χ0) is 11.1. The molecule has 80 valence electrons. The topological polar surface area (TPSA) is 12.4 Å². The molecule has 3 heteroatoms. The first-order valence-corrected chi connectivity index (χ1v) is 6.12. The summed E-state index contributed by atoms with van der Waals surface area (Å²) in [6.45, 7) is 4.68. The van der Waals surface area contributed by atoms with E-state index in [2.05, 4.69) is 4.99 Å². The normalized spacial score (nSPS) is 12.3. The fraction of sp³-hybridized carbons (Fsp3) is 0.250. The van der Waals surface area contributed by atoms with Crippen molar-refractivity contribution >= 4 is 28.5 Å². The monoisotopic (exact) mass is 239 g/mol. The maximum atomic E-state index is 6.10. The van der Waals surface area contributed by atoms with Gasteiger partial charge >= 0.3 is 0 Å². The van der Waals surface area contributed by atoms with Crippen molar-refractivity contribution in [1.29, 1.82) is 0 Å². The van der Waals surface area contributed by atoms with Gasteiger partial charge in [0, 0.05) is 17.0 Å². The van der Waals surface area contributed by atoms with Crippen molar-refractivity contribution in [2.75, 3.05) is 6.54 Å². The lowest BCUT2D eigenvalue weighted by atomic mass is 10.2. The van der Waals surface area contributed by atoms with Crippen LogP contribution in [0.15, 0.2) is 45.6 Å². The highest BCUT2D eigenvalue weighted by Crippen LogP contribution is 2.25. The van der Waals surface area contributed by atoms with E-state index < -0.39 is 0 Å². The van der Waals surface area contributed by atoms with E-state index in [0.29, 0.717) is 11.7 Å². The average Bonchev–Trinajstić information content (AvgIpc) is 2.27. The van der Waals surface area contributed by atoms with Crippen molar-refractivity contribution < 1.29 is 0 Å². The minimum Gasteiger partial charge on any atom is -0.273 e. The Morgan fingerprint density at radius 2 is 2.20 bits per heavy atom. The second kappa shape index (κ2) is 6.70. The smallest absolute Gasteiger partial charge is 0.132 e. The first-order valence-electron chi connectivity index (χ1n) is 4.86. The second-order valence-corrected chi connectivity index (χ2v) is 4.15. The summed E-state index contributed by atoms with van der Waals surface area (Å²) in [5, 5.41) is 2.62. The van der Waals surface area contributed by atoms with Crippen molar-refractivity contribution in [3.63, 3.8) is 0 Å². The molecule has 0 heterocycles. The van der Waals surface area contributed by atoms with Gasteiger partial charge in [-0.15, -0.1) is 0 Å². The Morgan fingerprint density at radius 1 is 1.47 bits per heavy atom. The van der Waals surface area contributed by atoms with Gasteiger partial charge in [-0.05, 0) is 25.3 Å². The van der Waals surface area contributed by atoms with E-state index in [1.807, 2.05) is 49.6 Å². The number of hydrogen-bond acceptors (Lipinski definition) is 2. The van der Waals surface area contributed by atoms with Crippen LogP contribution in [0.5, 0.6) is 0 Å². The number of benzene rings is 1. The molecule has 1 aromatic carbocycles. The van der Waals surface area contributed by atoms with E-state index >= 15 is 0 Å². The number of aliphatic imine (C=N–C) groups is 1. The van der Waals surface area contributed by atoms with E-state index in [4.69, 9.17) is 11.6 Å². The molecule has 0 aliphatic carbocycles. The zero-order valence-corrected chi connectivity index (χ0v) is 10.5. The third-order valence-electron chi connectivity index (χ3n) is 1.74. The molecule has 0 spiro atoms. The molecule has 1 rings (SSSR count). The maximum Gasteiger partial charge on any atom is 0.132 e. The molecule has 0 aliphatic rings. The summed E-state index contributed by atoms with van der Waals surface area (Å²) in [6, 6.07) is 8.02. The Bertz CT molecular complexity index is 372. The van der Waals surface area contributed by atoms with Crippen LogP contribution in [0.1, 0.15) is 19.4 Å². The van der Waals surface area contributed by atoms with Crippen molar-refractivity contribution in [3.8, 4) is 0 Å². The molecular weight excluding hydrogens is 226 g/mol. The molecule has 0 atom stereocenters. The van der Waals surface area contributed by atoms with Gasteiger partial charge in [0.1, 0.15) is 5.17 Å². The van der Waals surface area contributed by atoms with Crippen LogP contribution in [-0.4, -0.2) is 11.7 Å². The van der Waals surface area contributed by atoms with Crippen LogP contribution < -0.4 is 0 Å². The van der Waals surface area contributed by atoms with Crippen LogP contribution >= 0.6 is 23.4 Å². The fourth-order valence-corrected chi connectivity index (χ4v) is 2.18. The minimum absolute atomic E-state index is 0.588. The standard InChI is InChI=1S/C12H14ClNS/c1-3-9-15-11-8-6-5-7-10(11)12(13)14-4-2/h3,5-9H,4H2,1-2H3/b9-3+,14-12?. The van der Waals surface area contributed by atoms with E-state index in [1.54, 1.807) is 11.8 Å². The van der Waals surface area contributed by atoms with Crippen LogP contribution in [0.3, 0.4) is 0 Å². The van der Waals surface area contributed by atoms with Crippen molar-refractivity contribution in [1.82, 2.24) is 0 Å². The lowest BCUT2D eigenvalue weighted by Crippen LogP contribution is -1.94. The number of thioether (sulfide) groups is 1. The van der Waals surface area contributed by atoms with Crippen LogP contribution in [-0.2, 0) is 0 Å². The molecule has 0 radical (unpaired) electrons. The van der Waals surface area contributed by atoms with E-state index in [0.717, 1.165) is 10.5 Å². The summed E-state index contributed by atoms with van der Waals surface area (Å²) in [5.74, 6) is 0. The Hall–Kier alpha value is -0.730. The van der Waals surface area contributed by atoms with E-state index in [9.17, 15) is 0 Å². The van der Waals surface area contributed by atoms with E-state index in [-0.39, 0.29) is 0 Å². The highest BCUT2D eigenvalue weighted by molar-refractivity contribution is 8.02. The zero-order valence-electron chi connectivity index (χ0n) is 8.90. The molecular formula is C12H14ClNS. The summed E-state index contributed by atoms with van der Waals surface area (Å²) >= 11 is 7.76. The molecule has 0 saturated heterocycles. The molecule has 0 amide bonds. The molecule has 0 saturated carbocycles. The van der Waals surface area contributed by atoms with Gasteiger partial charge in [-0.2, -0.15) is 0 Å². The third kappa shape index (κ3) is 3.73. The summed E-state index contributed by atoms with van der Waals surface area (Å²) in [4.78, 5) is 5.35. The maximum absolute atomic E-state index is 6.10. The molecule has 0 N–H and O–H groups in total. The molecule has 1 aromatic rings. The molecule has 15 heavy (non-hydrogen) atoms. The lowest BCUT2D eigenvalue weighted by molar-refractivity contribution is 1.13. The van der Waals surface area contributed by atoms with Crippen LogP contribution in [0.25, 0.3) is 0 Å². The Morgan fingerprint density at radius 3 is 2.87 bits per heavy atom. The fourth-order valence-electron chi connectivity index (χ4n) is 1.11. The van der Waals surface area contributed by atoms with Crippen molar-refractivity contribution in [3.05, 3.63) is 41.3 Å². The SMILES string of the molecule is C/C=C/Sc1ccccc1C(Cl)=NCC. The van der Waals surface area contributed by atoms with Gasteiger partial charge in [-0.1, -0.05) is 47.6 Å². The summed E-state index contributed by atoms with van der Waals surface area (Å²) in [6.07, 6.45) is 2.01. The van der Waals surface area contributed by atoms with E-state index in [1.165, 1.54) is 0 Å². The first-order chi connectivity index (χ1) is 7.29. The molecule has 1 nitrogen and oxygen atoms in total. The third-order valence-corrected chi connectivity index (χ3v) is 3.08. The highest BCUT2D eigenvalue weighted by atomic mass is 35.5. The molecule has 0 aromatic heterocycles. The van der Waals surface area contributed by atoms with Gasteiger partial charge in [0.05, 0.1) is 0 Å². The van der Waals surface area contributed by atoms with Crippen molar-refractivity contribution in [2.45, 2.75) is 18.7 Å². The van der Waals surface area contributed by atoms with Gasteiger partial charge in [-0.25, -0.2) is 0 Å². The molecule has 0 bridgehead atoms. The lowest BCUT2D eigenvalue weighted by Gasteiger charge is -2.04. The summed E-state index contributed by atoms with van der Waals surface area (Å²) in [5.41, 5.74) is 1.00. The van der Waals surface area contributed by atoms with Gasteiger partial charge in [0.25, 0.3) is 0 Å². The summed E-state index contributed by atoms with van der Waals surface area (Å²) in [7, 11) is 0. The van der Waals surface area contributed by atoms with Gasteiger partial charge in [0.2, 0.25) is 0 Å². The Balaban J connectivity index is 3.00.